The van der Waals surface area contributed by atoms with Crippen LogP contribution in [-0.2, 0) is 0 Å². The fourth-order valence-corrected chi connectivity index (χ4v) is 2.20. The minimum Gasteiger partial charge on any atom is -0.433 e. The van der Waals surface area contributed by atoms with E-state index in [0.29, 0.717) is 5.52 Å². The summed E-state index contributed by atoms with van der Waals surface area (Å²) in [5.74, 6) is -1.21. The Balaban J connectivity index is 1.88. The van der Waals surface area contributed by atoms with E-state index in [1.54, 1.807) is 12.1 Å². The number of hydrogen-bond acceptors (Lipinski definition) is 2. The molecule has 7 heteroatoms. The van der Waals surface area contributed by atoms with E-state index >= 15 is 0 Å². The molecule has 0 saturated carbocycles. The van der Waals surface area contributed by atoms with Gasteiger partial charge in [-0.15, -0.1) is 0 Å². The van der Waals surface area contributed by atoms with Crippen LogP contribution in [-0.4, -0.2) is 17.5 Å². The number of alkyl halides is 2. The lowest BCUT2D eigenvalue weighted by Crippen LogP contribution is -2.14. The maximum Gasteiger partial charge on any atom is 0.387 e. The molecule has 0 atom stereocenters. The minimum absolute atomic E-state index is 0.0944. The summed E-state index contributed by atoms with van der Waals surface area (Å²) < 4.78 is 42.7. The molecule has 23 heavy (non-hydrogen) atoms. The summed E-state index contributed by atoms with van der Waals surface area (Å²) in [6.07, 6.45) is 0. The zero-order valence-corrected chi connectivity index (χ0v) is 11.6. The first kappa shape index (κ1) is 15.0. The summed E-state index contributed by atoms with van der Waals surface area (Å²) in [5, 5.41) is 2.73. The van der Waals surface area contributed by atoms with Crippen molar-refractivity contribution in [3.63, 3.8) is 0 Å². The van der Waals surface area contributed by atoms with Crippen LogP contribution < -0.4 is 10.1 Å². The summed E-state index contributed by atoms with van der Waals surface area (Å²) in [6, 6.07) is 11.6. The lowest BCUT2D eigenvalue weighted by atomic mass is 10.2. The second-order valence-electron chi connectivity index (χ2n) is 4.71. The standard InChI is InChI=1S/C16H11F3N2O2/c17-10-4-3-6-11-9(10)8-13(20-11)15(22)21-12-5-1-2-7-14(12)23-16(18)19/h1-8,16,20H,(H,21,22). The number of aromatic nitrogens is 1. The number of ether oxygens (including phenoxy) is 1. The Kier molecular flexibility index (Phi) is 3.92. The Labute approximate surface area is 128 Å². The van der Waals surface area contributed by atoms with Crippen LogP contribution in [0.5, 0.6) is 5.75 Å². The molecule has 0 aliphatic heterocycles. The number of H-pyrrole nitrogens is 1. The number of amides is 1. The molecule has 2 N–H and O–H groups in total. The predicted molar refractivity (Wildman–Crippen MR) is 79.3 cm³/mol. The van der Waals surface area contributed by atoms with Crippen LogP contribution in [0.4, 0.5) is 18.9 Å². The molecule has 118 valence electrons. The summed E-state index contributed by atoms with van der Waals surface area (Å²) in [6.45, 7) is -3.00. The van der Waals surface area contributed by atoms with E-state index < -0.39 is 18.3 Å². The SMILES string of the molecule is O=C(Nc1ccccc1OC(F)F)c1cc2c(F)cccc2[nH]1. The van der Waals surface area contributed by atoms with Crippen molar-refractivity contribution in [2.75, 3.05) is 5.32 Å². The normalized spacial score (nSPS) is 11.0. The van der Waals surface area contributed by atoms with E-state index in [1.807, 2.05) is 0 Å². The predicted octanol–water partition coefficient (Wildman–Crippen LogP) is 4.16. The fraction of sp³-hybridized carbons (Fsp3) is 0.0625. The summed E-state index contributed by atoms with van der Waals surface area (Å²) in [5.41, 5.74) is 0.668. The largest absolute Gasteiger partial charge is 0.433 e. The number of para-hydroxylation sites is 2. The average molecular weight is 320 g/mol. The van der Waals surface area contributed by atoms with Gasteiger partial charge in [-0.05, 0) is 30.3 Å². The number of carbonyl (C=O) groups is 1. The first-order valence-electron chi connectivity index (χ1n) is 6.67. The zero-order valence-electron chi connectivity index (χ0n) is 11.6. The molecule has 0 aliphatic carbocycles. The second-order valence-corrected chi connectivity index (χ2v) is 4.71. The highest BCUT2D eigenvalue weighted by molar-refractivity contribution is 6.06. The Morgan fingerprint density at radius 2 is 1.91 bits per heavy atom. The van der Waals surface area contributed by atoms with Gasteiger partial charge in [0.2, 0.25) is 0 Å². The average Bonchev–Trinajstić information content (AvgIpc) is 2.94. The lowest BCUT2D eigenvalue weighted by Gasteiger charge is -2.10. The molecule has 4 nitrogen and oxygen atoms in total. The van der Waals surface area contributed by atoms with Gasteiger partial charge in [0.05, 0.1) is 5.69 Å². The molecule has 1 amide bonds. The molecule has 3 aromatic rings. The third-order valence-corrected chi connectivity index (χ3v) is 3.21. The van der Waals surface area contributed by atoms with Gasteiger partial charge in [-0.1, -0.05) is 18.2 Å². The van der Waals surface area contributed by atoms with Crippen molar-refractivity contribution < 1.29 is 22.7 Å². The van der Waals surface area contributed by atoms with Crippen LogP contribution in [0.1, 0.15) is 10.5 Å². The number of aromatic amines is 1. The van der Waals surface area contributed by atoms with Gasteiger partial charge in [0.25, 0.3) is 5.91 Å². The quantitative estimate of drug-likeness (QED) is 0.758. The number of fused-ring (bicyclic) bond motifs is 1. The number of carbonyl (C=O) groups excluding carboxylic acids is 1. The Morgan fingerprint density at radius 3 is 2.65 bits per heavy atom. The molecule has 0 spiro atoms. The topological polar surface area (TPSA) is 54.1 Å². The van der Waals surface area contributed by atoms with Gasteiger partial charge in [-0.2, -0.15) is 8.78 Å². The Hall–Kier alpha value is -2.96. The molecule has 0 aliphatic rings. The minimum atomic E-state index is -3.00. The van der Waals surface area contributed by atoms with Crippen molar-refractivity contribution in [2.45, 2.75) is 6.61 Å². The molecular formula is C16H11F3N2O2. The summed E-state index contributed by atoms with van der Waals surface area (Å²) >= 11 is 0. The number of hydrogen-bond donors (Lipinski definition) is 2. The maximum atomic E-state index is 13.6. The van der Waals surface area contributed by atoms with Crippen molar-refractivity contribution in [1.82, 2.24) is 4.98 Å². The molecule has 0 fully saturated rings. The van der Waals surface area contributed by atoms with E-state index in [1.165, 1.54) is 36.4 Å². The molecule has 0 unspecified atom stereocenters. The van der Waals surface area contributed by atoms with Gasteiger partial charge in [0.1, 0.15) is 17.3 Å². The Morgan fingerprint density at radius 1 is 1.13 bits per heavy atom. The van der Waals surface area contributed by atoms with Crippen molar-refractivity contribution >= 4 is 22.5 Å². The van der Waals surface area contributed by atoms with Gasteiger partial charge in [0, 0.05) is 10.9 Å². The van der Waals surface area contributed by atoms with Gasteiger partial charge in [-0.3, -0.25) is 4.79 Å². The van der Waals surface area contributed by atoms with E-state index in [9.17, 15) is 18.0 Å². The van der Waals surface area contributed by atoms with Crippen LogP contribution in [0.25, 0.3) is 10.9 Å². The zero-order chi connectivity index (χ0) is 16.4. The number of benzene rings is 2. The number of nitrogens with one attached hydrogen (secondary N) is 2. The first-order valence-corrected chi connectivity index (χ1v) is 6.67. The molecule has 0 saturated heterocycles. The highest BCUT2D eigenvalue weighted by Gasteiger charge is 2.15. The van der Waals surface area contributed by atoms with E-state index in [-0.39, 0.29) is 22.5 Å². The molecular weight excluding hydrogens is 309 g/mol. The van der Waals surface area contributed by atoms with Crippen molar-refractivity contribution in [2.24, 2.45) is 0 Å². The second kappa shape index (κ2) is 6.04. The Bertz CT molecular complexity index is 861. The van der Waals surface area contributed by atoms with Gasteiger partial charge < -0.3 is 15.0 Å². The van der Waals surface area contributed by atoms with Crippen molar-refractivity contribution in [3.8, 4) is 5.75 Å². The van der Waals surface area contributed by atoms with Crippen LogP contribution in [0.3, 0.4) is 0 Å². The third-order valence-electron chi connectivity index (χ3n) is 3.21. The van der Waals surface area contributed by atoms with E-state index in [2.05, 4.69) is 15.0 Å². The lowest BCUT2D eigenvalue weighted by molar-refractivity contribution is -0.0493. The first-order chi connectivity index (χ1) is 11.0. The molecule has 0 radical (unpaired) electrons. The fourth-order valence-electron chi connectivity index (χ4n) is 2.20. The maximum absolute atomic E-state index is 13.6. The van der Waals surface area contributed by atoms with Gasteiger partial charge in [-0.25, -0.2) is 4.39 Å². The monoisotopic (exact) mass is 320 g/mol. The summed E-state index contributed by atoms with van der Waals surface area (Å²) in [4.78, 5) is 15.0. The molecule has 3 rings (SSSR count). The molecule has 2 aromatic carbocycles. The highest BCUT2D eigenvalue weighted by Crippen LogP contribution is 2.26. The van der Waals surface area contributed by atoms with Crippen molar-refractivity contribution in [3.05, 3.63) is 60.0 Å². The summed E-state index contributed by atoms with van der Waals surface area (Å²) in [7, 11) is 0. The van der Waals surface area contributed by atoms with Gasteiger partial charge in [0.15, 0.2) is 0 Å². The van der Waals surface area contributed by atoms with Gasteiger partial charge >= 0.3 is 6.61 Å². The van der Waals surface area contributed by atoms with E-state index in [4.69, 9.17) is 0 Å². The highest BCUT2D eigenvalue weighted by atomic mass is 19.3. The van der Waals surface area contributed by atoms with Crippen LogP contribution in [0.2, 0.25) is 0 Å². The van der Waals surface area contributed by atoms with Crippen LogP contribution in [0, 0.1) is 5.82 Å². The van der Waals surface area contributed by atoms with Crippen LogP contribution >= 0.6 is 0 Å². The van der Waals surface area contributed by atoms with Crippen LogP contribution in [0.15, 0.2) is 48.5 Å². The number of anilines is 1. The van der Waals surface area contributed by atoms with E-state index in [0.717, 1.165) is 0 Å². The molecule has 1 aromatic heterocycles. The third kappa shape index (κ3) is 3.13. The smallest absolute Gasteiger partial charge is 0.387 e. The van der Waals surface area contributed by atoms with Crippen molar-refractivity contribution in [1.29, 1.82) is 0 Å². The molecule has 0 bridgehead atoms. The number of rotatable bonds is 4. The molecule has 1 heterocycles. The number of halogens is 3.